The van der Waals surface area contributed by atoms with Crippen LogP contribution in [0.2, 0.25) is 5.02 Å². The molecule has 1 aliphatic rings. The van der Waals surface area contributed by atoms with E-state index in [-0.39, 0.29) is 0 Å². The lowest BCUT2D eigenvalue weighted by Crippen LogP contribution is -2.21. The molecule has 19 heavy (non-hydrogen) atoms. The van der Waals surface area contributed by atoms with Gasteiger partial charge in [0.05, 0.1) is 0 Å². The van der Waals surface area contributed by atoms with Gasteiger partial charge in [-0.3, -0.25) is 0 Å². The SMILES string of the molecule is CCNC(c1ccc(-c2ccc(Cl)cc2)s1)C1CC1. The largest absolute Gasteiger partial charge is 0.309 e. The van der Waals surface area contributed by atoms with Crippen LogP contribution in [0.25, 0.3) is 10.4 Å². The molecule has 1 heterocycles. The molecule has 1 aromatic carbocycles. The van der Waals surface area contributed by atoms with Crippen molar-refractivity contribution in [3.8, 4) is 10.4 Å². The molecule has 0 saturated heterocycles. The summed E-state index contributed by atoms with van der Waals surface area (Å²) in [5, 5.41) is 4.42. The van der Waals surface area contributed by atoms with Crippen LogP contribution in [0.15, 0.2) is 36.4 Å². The van der Waals surface area contributed by atoms with Crippen molar-refractivity contribution in [3.63, 3.8) is 0 Å². The minimum Gasteiger partial charge on any atom is -0.309 e. The maximum atomic E-state index is 5.94. The minimum absolute atomic E-state index is 0.552. The predicted molar refractivity (Wildman–Crippen MR) is 83.9 cm³/mol. The van der Waals surface area contributed by atoms with Gasteiger partial charge in [0.2, 0.25) is 0 Å². The number of thiophene rings is 1. The Morgan fingerprint density at radius 2 is 1.95 bits per heavy atom. The van der Waals surface area contributed by atoms with E-state index in [1.165, 1.54) is 28.2 Å². The van der Waals surface area contributed by atoms with Crippen LogP contribution in [-0.4, -0.2) is 6.54 Å². The summed E-state index contributed by atoms with van der Waals surface area (Å²) < 4.78 is 0. The molecule has 1 N–H and O–H groups in total. The Kier molecular flexibility index (Phi) is 3.92. The third kappa shape index (κ3) is 3.02. The Balaban J connectivity index is 1.83. The van der Waals surface area contributed by atoms with E-state index in [1.807, 2.05) is 23.5 Å². The van der Waals surface area contributed by atoms with Gasteiger partial charge < -0.3 is 5.32 Å². The molecule has 0 amide bonds. The number of benzene rings is 1. The van der Waals surface area contributed by atoms with Crippen LogP contribution in [0, 0.1) is 5.92 Å². The zero-order valence-electron chi connectivity index (χ0n) is 11.0. The highest BCUT2D eigenvalue weighted by Gasteiger charge is 2.32. The standard InChI is InChI=1S/C16H18ClNS/c1-2-18-16(12-3-4-12)15-10-9-14(19-15)11-5-7-13(17)8-6-11/h5-10,12,16,18H,2-4H2,1H3. The summed E-state index contributed by atoms with van der Waals surface area (Å²) >= 11 is 7.84. The van der Waals surface area contributed by atoms with Gasteiger partial charge in [-0.05, 0) is 55.1 Å². The Bertz CT molecular complexity index is 542. The smallest absolute Gasteiger partial charge is 0.0443 e. The molecular formula is C16H18ClNS. The number of rotatable bonds is 5. The van der Waals surface area contributed by atoms with Crippen LogP contribution in [0.5, 0.6) is 0 Å². The highest BCUT2D eigenvalue weighted by molar-refractivity contribution is 7.15. The summed E-state index contributed by atoms with van der Waals surface area (Å²) in [5.74, 6) is 0.844. The minimum atomic E-state index is 0.552. The second-order valence-electron chi connectivity index (χ2n) is 5.08. The summed E-state index contributed by atoms with van der Waals surface area (Å²) in [6.45, 7) is 3.22. The number of halogens is 1. The molecule has 1 atom stereocenters. The highest BCUT2D eigenvalue weighted by Crippen LogP contribution is 2.44. The van der Waals surface area contributed by atoms with Crippen molar-refractivity contribution in [1.29, 1.82) is 0 Å². The van der Waals surface area contributed by atoms with Gasteiger partial charge in [0.15, 0.2) is 0 Å². The molecular weight excluding hydrogens is 274 g/mol. The Morgan fingerprint density at radius 3 is 2.58 bits per heavy atom. The summed E-state index contributed by atoms with van der Waals surface area (Å²) in [4.78, 5) is 2.80. The lowest BCUT2D eigenvalue weighted by atomic mass is 10.1. The quantitative estimate of drug-likeness (QED) is 0.805. The summed E-state index contributed by atoms with van der Waals surface area (Å²) in [6, 6.07) is 13.2. The molecule has 1 saturated carbocycles. The van der Waals surface area contributed by atoms with Gasteiger partial charge in [-0.1, -0.05) is 30.7 Å². The Hall–Kier alpha value is -0.830. The number of hydrogen-bond donors (Lipinski definition) is 1. The average Bonchev–Trinajstić information content (AvgIpc) is 3.14. The van der Waals surface area contributed by atoms with Gasteiger partial charge >= 0.3 is 0 Å². The molecule has 1 unspecified atom stereocenters. The molecule has 0 aliphatic heterocycles. The van der Waals surface area contributed by atoms with E-state index in [1.54, 1.807) is 0 Å². The summed E-state index contributed by atoms with van der Waals surface area (Å²) in [7, 11) is 0. The fourth-order valence-corrected chi connectivity index (χ4v) is 3.75. The fourth-order valence-electron chi connectivity index (χ4n) is 2.44. The topological polar surface area (TPSA) is 12.0 Å². The van der Waals surface area contributed by atoms with Crippen molar-refractivity contribution in [2.24, 2.45) is 5.92 Å². The highest BCUT2D eigenvalue weighted by atomic mass is 35.5. The predicted octanol–water partition coefficient (Wildman–Crippen LogP) is 5.13. The first-order chi connectivity index (χ1) is 9.28. The van der Waals surface area contributed by atoms with Gasteiger partial charge in [0.25, 0.3) is 0 Å². The van der Waals surface area contributed by atoms with Crippen molar-refractivity contribution in [3.05, 3.63) is 46.3 Å². The Morgan fingerprint density at radius 1 is 1.21 bits per heavy atom. The van der Waals surface area contributed by atoms with Crippen molar-refractivity contribution < 1.29 is 0 Å². The van der Waals surface area contributed by atoms with Gasteiger partial charge in [-0.15, -0.1) is 11.3 Å². The van der Waals surface area contributed by atoms with Crippen LogP contribution in [0.3, 0.4) is 0 Å². The molecule has 2 aromatic rings. The Labute approximate surface area is 123 Å². The third-order valence-electron chi connectivity index (χ3n) is 3.58. The number of nitrogens with one attached hydrogen (secondary N) is 1. The second kappa shape index (κ2) is 5.66. The molecule has 0 radical (unpaired) electrons. The zero-order valence-corrected chi connectivity index (χ0v) is 12.6. The summed E-state index contributed by atoms with van der Waals surface area (Å²) in [6.07, 6.45) is 2.73. The second-order valence-corrected chi connectivity index (χ2v) is 6.63. The van der Waals surface area contributed by atoms with Crippen LogP contribution in [0.4, 0.5) is 0 Å². The lowest BCUT2D eigenvalue weighted by Gasteiger charge is -2.15. The van der Waals surface area contributed by atoms with Crippen LogP contribution in [0.1, 0.15) is 30.7 Å². The van der Waals surface area contributed by atoms with E-state index in [0.29, 0.717) is 6.04 Å². The van der Waals surface area contributed by atoms with Crippen molar-refractivity contribution in [2.75, 3.05) is 6.54 Å². The molecule has 1 aromatic heterocycles. The molecule has 1 nitrogen and oxygen atoms in total. The van der Waals surface area contributed by atoms with Crippen LogP contribution >= 0.6 is 22.9 Å². The molecule has 0 bridgehead atoms. The molecule has 0 spiro atoms. The van der Waals surface area contributed by atoms with E-state index >= 15 is 0 Å². The van der Waals surface area contributed by atoms with E-state index in [0.717, 1.165) is 17.5 Å². The first-order valence-corrected chi connectivity index (χ1v) is 8.06. The van der Waals surface area contributed by atoms with Gasteiger partial charge in [-0.2, -0.15) is 0 Å². The van der Waals surface area contributed by atoms with E-state index in [9.17, 15) is 0 Å². The molecule has 1 fully saturated rings. The molecule has 100 valence electrons. The maximum absolute atomic E-state index is 5.94. The lowest BCUT2D eigenvalue weighted by molar-refractivity contribution is 0.504. The maximum Gasteiger partial charge on any atom is 0.0443 e. The average molecular weight is 292 g/mol. The number of hydrogen-bond acceptors (Lipinski definition) is 2. The zero-order chi connectivity index (χ0) is 13.2. The monoisotopic (exact) mass is 291 g/mol. The van der Waals surface area contributed by atoms with Crippen molar-refractivity contribution >= 4 is 22.9 Å². The molecule has 3 rings (SSSR count). The van der Waals surface area contributed by atoms with Gasteiger partial charge in [0, 0.05) is 20.8 Å². The first-order valence-electron chi connectivity index (χ1n) is 6.87. The third-order valence-corrected chi connectivity index (χ3v) is 5.05. The first kappa shape index (κ1) is 13.2. The van der Waals surface area contributed by atoms with E-state index in [2.05, 4.69) is 36.5 Å². The molecule has 3 heteroatoms. The molecule has 1 aliphatic carbocycles. The van der Waals surface area contributed by atoms with Crippen LogP contribution in [-0.2, 0) is 0 Å². The summed E-state index contributed by atoms with van der Waals surface area (Å²) in [5.41, 5.74) is 1.26. The van der Waals surface area contributed by atoms with Gasteiger partial charge in [-0.25, -0.2) is 0 Å². The van der Waals surface area contributed by atoms with Gasteiger partial charge in [0.1, 0.15) is 0 Å². The van der Waals surface area contributed by atoms with E-state index in [4.69, 9.17) is 11.6 Å². The van der Waals surface area contributed by atoms with Crippen molar-refractivity contribution in [2.45, 2.75) is 25.8 Å². The fraction of sp³-hybridized carbons (Fsp3) is 0.375. The van der Waals surface area contributed by atoms with E-state index < -0.39 is 0 Å². The van der Waals surface area contributed by atoms with Crippen LogP contribution < -0.4 is 5.32 Å². The van der Waals surface area contributed by atoms with Crippen molar-refractivity contribution in [1.82, 2.24) is 5.32 Å². The normalized spacial score (nSPS) is 16.5.